The highest BCUT2D eigenvalue weighted by molar-refractivity contribution is 5.82. The number of carbonyl (C=O) groups excluding carboxylic acids is 1. The minimum Gasteiger partial charge on any atom is -0.378 e. The van der Waals surface area contributed by atoms with Gasteiger partial charge in [-0.3, -0.25) is 9.79 Å². The van der Waals surface area contributed by atoms with Crippen molar-refractivity contribution in [2.24, 2.45) is 10.9 Å². The highest BCUT2D eigenvalue weighted by Gasteiger charge is 2.43. The first-order chi connectivity index (χ1) is 14.1. The molecule has 158 valence electrons. The Bertz CT molecular complexity index is 754. The summed E-state index contributed by atoms with van der Waals surface area (Å²) >= 11 is 0. The Hall–Kier alpha value is -2.22. The highest BCUT2D eigenvalue weighted by atomic mass is 19.1. The van der Waals surface area contributed by atoms with Gasteiger partial charge in [0, 0.05) is 56.7 Å². The molecule has 2 unspecified atom stereocenters. The number of likely N-dealkylation sites (tertiary alicyclic amines) is 1. The van der Waals surface area contributed by atoms with Gasteiger partial charge in [-0.25, -0.2) is 8.78 Å². The molecule has 2 atom stereocenters. The number of rotatable bonds is 3. The Kier molecular flexibility index (Phi) is 5.99. The van der Waals surface area contributed by atoms with Crippen LogP contribution in [0.2, 0.25) is 0 Å². The maximum atomic E-state index is 14.0. The topological polar surface area (TPSA) is 57.2 Å². The van der Waals surface area contributed by atoms with Gasteiger partial charge in [0.1, 0.15) is 11.6 Å². The van der Waals surface area contributed by atoms with Crippen LogP contribution < -0.4 is 5.32 Å². The van der Waals surface area contributed by atoms with Crippen LogP contribution in [0.1, 0.15) is 30.7 Å². The third-order valence-corrected chi connectivity index (χ3v) is 6.15. The summed E-state index contributed by atoms with van der Waals surface area (Å²) in [5.74, 6) is -0.134. The Morgan fingerprint density at radius 1 is 1.10 bits per heavy atom. The van der Waals surface area contributed by atoms with Crippen LogP contribution in [0.4, 0.5) is 8.78 Å². The molecule has 0 spiro atoms. The molecule has 2 saturated heterocycles. The van der Waals surface area contributed by atoms with Crippen molar-refractivity contribution in [1.29, 1.82) is 0 Å². The monoisotopic (exact) mass is 406 g/mol. The van der Waals surface area contributed by atoms with Crippen LogP contribution in [0.3, 0.4) is 0 Å². The second-order valence-electron chi connectivity index (χ2n) is 7.97. The predicted molar refractivity (Wildman–Crippen MR) is 106 cm³/mol. The Morgan fingerprint density at radius 3 is 2.38 bits per heavy atom. The fourth-order valence-electron chi connectivity index (χ4n) is 4.38. The van der Waals surface area contributed by atoms with E-state index in [1.54, 1.807) is 7.05 Å². The quantitative estimate of drug-likeness (QED) is 0.616. The summed E-state index contributed by atoms with van der Waals surface area (Å²) in [6, 6.07) is 3.98. The van der Waals surface area contributed by atoms with Crippen molar-refractivity contribution < 1.29 is 18.3 Å². The van der Waals surface area contributed by atoms with Crippen molar-refractivity contribution in [3.63, 3.8) is 0 Å². The average Bonchev–Trinajstić information content (AvgIpc) is 3.51. The van der Waals surface area contributed by atoms with E-state index in [4.69, 9.17) is 4.74 Å². The zero-order valence-corrected chi connectivity index (χ0v) is 16.7. The van der Waals surface area contributed by atoms with Crippen molar-refractivity contribution in [2.45, 2.75) is 31.2 Å². The van der Waals surface area contributed by atoms with E-state index >= 15 is 0 Å². The molecular weight excluding hydrogens is 378 g/mol. The van der Waals surface area contributed by atoms with Crippen LogP contribution in [-0.2, 0) is 9.53 Å². The lowest BCUT2D eigenvalue weighted by Crippen LogP contribution is -2.50. The maximum Gasteiger partial charge on any atom is 0.225 e. The second kappa shape index (κ2) is 8.65. The van der Waals surface area contributed by atoms with Gasteiger partial charge >= 0.3 is 0 Å². The summed E-state index contributed by atoms with van der Waals surface area (Å²) in [6.07, 6.45) is 2.25. The predicted octanol–water partition coefficient (Wildman–Crippen LogP) is 1.97. The number of benzene rings is 1. The van der Waals surface area contributed by atoms with E-state index < -0.39 is 11.6 Å². The van der Waals surface area contributed by atoms with Gasteiger partial charge in [-0.15, -0.1) is 0 Å². The Morgan fingerprint density at radius 2 is 1.76 bits per heavy atom. The van der Waals surface area contributed by atoms with Gasteiger partial charge in [-0.2, -0.15) is 0 Å². The number of guanidine groups is 1. The fourth-order valence-corrected chi connectivity index (χ4v) is 4.38. The number of piperidine rings is 1. The molecule has 1 saturated carbocycles. The van der Waals surface area contributed by atoms with Gasteiger partial charge in [0.2, 0.25) is 5.91 Å². The SMILES string of the molecule is CN=C(NC1CC1c1c(F)cccc1F)N1CCC(C(=O)N2CCOCC2)CC1. The smallest absolute Gasteiger partial charge is 0.225 e. The second-order valence-corrected chi connectivity index (χ2v) is 7.97. The molecule has 3 fully saturated rings. The van der Waals surface area contributed by atoms with Crippen LogP contribution in [0.25, 0.3) is 0 Å². The molecule has 0 radical (unpaired) electrons. The number of hydrogen-bond acceptors (Lipinski definition) is 3. The third kappa shape index (κ3) is 4.37. The zero-order valence-electron chi connectivity index (χ0n) is 16.7. The standard InChI is InChI=1S/C21H28F2N4O2/c1-24-21(25-18-13-15(18)19-16(22)3-2-4-17(19)23)27-7-5-14(6-8-27)20(28)26-9-11-29-12-10-26/h2-4,14-15,18H,5-13H2,1H3,(H,24,25). The van der Waals surface area contributed by atoms with E-state index in [1.165, 1.54) is 18.2 Å². The van der Waals surface area contributed by atoms with E-state index in [2.05, 4.69) is 15.2 Å². The molecule has 8 heteroatoms. The van der Waals surface area contributed by atoms with Crippen molar-refractivity contribution >= 4 is 11.9 Å². The number of nitrogens with zero attached hydrogens (tertiary/aromatic N) is 3. The van der Waals surface area contributed by atoms with Crippen molar-refractivity contribution in [2.75, 3.05) is 46.4 Å². The molecule has 2 aliphatic heterocycles. The molecule has 4 rings (SSSR count). The first-order valence-electron chi connectivity index (χ1n) is 10.4. The average molecular weight is 406 g/mol. The van der Waals surface area contributed by atoms with Gasteiger partial charge in [0.15, 0.2) is 5.96 Å². The maximum absolute atomic E-state index is 14.0. The molecule has 6 nitrogen and oxygen atoms in total. The number of ether oxygens (including phenoxy) is 1. The minimum absolute atomic E-state index is 0.0206. The summed E-state index contributed by atoms with van der Waals surface area (Å²) in [6.45, 7) is 4.08. The van der Waals surface area contributed by atoms with Gasteiger partial charge in [0.05, 0.1) is 13.2 Å². The Labute approximate surface area is 169 Å². The minimum atomic E-state index is -0.489. The molecule has 3 aliphatic rings. The van der Waals surface area contributed by atoms with E-state index in [-0.39, 0.29) is 29.3 Å². The first-order valence-corrected chi connectivity index (χ1v) is 10.4. The number of carbonyl (C=O) groups is 1. The van der Waals surface area contributed by atoms with E-state index in [1.807, 2.05) is 4.90 Å². The van der Waals surface area contributed by atoms with Crippen molar-refractivity contribution in [1.82, 2.24) is 15.1 Å². The lowest BCUT2D eigenvalue weighted by Gasteiger charge is -2.36. The van der Waals surface area contributed by atoms with E-state index in [9.17, 15) is 13.6 Å². The normalized spacial score (nSPS) is 25.8. The first kappa shape index (κ1) is 20.1. The van der Waals surface area contributed by atoms with Crippen LogP contribution in [-0.4, -0.2) is 74.1 Å². The molecule has 0 bridgehead atoms. The number of halogens is 2. The van der Waals surface area contributed by atoms with Crippen LogP contribution in [0.5, 0.6) is 0 Å². The molecule has 29 heavy (non-hydrogen) atoms. The number of nitrogens with one attached hydrogen (secondary N) is 1. The highest BCUT2D eigenvalue weighted by Crippen LogP contribution is 2.43. The molecule has 1 aliphatic carbocycles. The molecule has 1 amide bonds. The number of aliphatic imine (C=N–C) groups is 1. The van der Waals surface area contributed by atoms with Crippen LogP contribution >= 0.6 is 0 Å². The lowest BCUT2D eigenvalue weighted by atomic mass is 9.95. The largest absolute Gasteiger partial charge is 0.378 e. The molecule has 0 aromatic heterocycles. The fraction of sp³-hybridized carbons (Fsp3) is 0.619. The van der Waals surface area contributed by atoms with Gasteiger partial charge in [-0.1, -0.05) is 6.07 Å². The number of morpholine rings is 1. The molecule has 2 heterocycles. The number of hydrogen-bond donors (Lipinski definition) is 1. The van der Waals surface area contributed by atoms with Gasteiger partial charge in [-0.05, 0) is 31.4 Å². The van der Waals surface area contributed by atoms with E-state index in [0.29, 0.717) is 32.7 Å². The summed E-state index contributed by atoms with van der Waals surface area (Å²) in [5, 5.41) is 3.35. The molecule has 1 N–H and O–H groups in total. The summed E-state index contributed by atoms with van der Waals surface area (Å²) in [4.78, 5) is 21.1. The third-order valence-electron chi connectivity index (χ3n) is 6.15. The Balaban J connectivity index is 1.30. The number of amides is 1. The van der Waals surface area contributed by atoms with Crippen LogP contribution in [0, 0.1) is 17.6 Å². The summed E-state index contributed by atoms with van der Waals surface area (Å²) < 4.78 is 33.3. The molecular formula is C21H28F2N4O2. The van der Waals surface area contributed by atoms with E-state index in [0.717, 1.165) is 31.9 Å². The van der Waals surface area contributed by atoms with Crippen LogP contribution in [0.15, 0.2) is 23.2 Å². The van der Waals surface area contributed by atoms with Crippen molar-refractivity contribution in [3.8, 4) is 0 Å². The summed E-state index contributed by atoms with van der Waals surface area (Å²) in [5.41, 5.74) is 0.162. The van der Waals surface area contributed by atoms with Gasteiger partial charge < -0.3 is 19.9 Å². The van der Waals surface area contributed by atoms with Gasteiger partial charge in [0.25, 0.3) is 0 Å². The lowest BCUT2D eigenvalue weighted by molar-refractivity contribution is -0.140. The molecule has 1 aromatic carbocycles. The van der Waals surface area contributed by atoms with Crippen molar-refractivity contribution in [3.05, 3.63) is 35.4 Å². The zero-order chi connectivity index (χ0) is 20.4. The molecule has 1 aromatic rings. The summed E-state index contributed by atoms with van der Waals surface area (Å²) in [7, 11) is 1.72.